The largest absolute Gasteiger partial charge is 0.319 e. The van der Waals surface area contributed by atoms with Gasteiger partial charge in [0.1, 0.15) is 8.24 Å². The minimum Gasteiger partial charge on any atom is -0.319 e. The van der Waals surface area contributed by atoms with E-state index in [1.54, 1.807) is 0 Å². The molecule has 0 spiro atoms. The summed E-state index contributed by atoms with van der Waals surface area (Å²) in [6.07, 6.45) is 2.84. The van der Waals surface area contributed by atoms with E-state index < -0.39 is 8.24 Å². The van der Waals surface area contributed by atoms with Crippen LogP contribution in [0.25, 0.3) is 0 Å². The molecule has 0 bridgehead atoms. The molecule has 1 aliphatic rings. The molecule has 1 fully saturated rings. The Morgan fingerprint density at radius 1 is 1.39 bits per heavy atom. The lowest BCUT2D eigenvalue weighted by atomic mass is 10.1. The van der Waals surface area contributed by atoms with Crippen molar-refractivity contribution < 1.29 is 0 Å². The summed E-state index contributed by atoms with van der Waals surface area (Å²) in [4.78, 5) is 0. The molecule has 1 aliphatic heterocycles. The fourth-order valence-corrected chi connectivity index (χ4v) is 6.27. The first-order valence-corrected chi connectivity index (χ1v) is 12.8. The van der Waals surface area contributed by atoms with Gasteiger partial charge in [0, 0.05) is 35.2 Å². The molecule has 1 heterocycles. The summed E-state index contributed by atoms with van der Waals surface area (Å²) < 4.78 is 2.84. The Morgan fingerprint density at radius 2 is 2.11 bits per heavy atom. The number of allylic oxidation sites excluding steroid dienone is 1. The van der Waals surface area contributed by atoms with Gasteiger partial charge < -0.3 is 9.88 Å². The van der Waals surface area contributed by atoms with Crippen LogP contribution in [0.4, 0.5) is 0 Å². The summed E-state index contributed by atoms with van der Waals surface area (Å²) >= 11 is 0. The van der Waals surface area contributed by atoms with Crippen molar-refractivity contribution in [3.8, 4) is 0 Å². The van der Waals surface area contributed by atoms with E-state index in [-0.39, 0.29) is 9.52 Å². The molecule has 0 radical (unpaired) electrons. The van der Waals surface area contributed by atoms with Crippen LogP contribution in [0.3, 0.4) is 0 Å². The fraction of sp³-hybridized carbons (Fsp3) is 0.857. The predicted octanol–water partition coefficient (Wildman–Crippen LogP) is 2.39. The molecular weight excluding hydrogens is 252 g/mol. The third kappa shape index (κ3) is 5.82. The van der Waals surface area contributed by atoms with E-state index in [9.17, 15) is 0 Å². The molecule has 0 saturated carbocycles. The molecule has 2 nitrogen and oxygen atoms in total. The van der Waals surface area contributed by atoms with Crippen LogP contribution in [0, 0.1) is 0 Å². The summed E-state index contributed by atoms with van der Waals surface area (Å²) in [6, 6.07) is 2.30. The zero-order valence-corrected chi connectivity index (χ0v) is 15.5. The Balaban J connectivity index is 2.32. The van der Waals surface area contributed by atoms with Crippen LogP contribution in [-0.2, 0) is 0 Å². The van der Waals surface area contributed by atoms with Crippen molar-refractivity contribution in [3.63, 3.8) is 0 Å². The first-order valence-electron chi connectivity index (χ1n) is 7.52. The van der Waals surface area contributed by atoms with Gasteiger partial charge in [-0.05, 0) is 20.3 Å². The molecular formula is C14H32N2Si2. The standard InChI is InChI=1S/C14H32N2Si2/c1-13(2)12-17-10-6-7-14-11-15-8-9-16(14)18(3,4)5/h12,14-15H,6-11,17H2,1-5H3. The number of hydrogen-bond acceptors (Lipinski definition) is 2. The lowest BCUT2D eigenvalue weighted by molar-refractivity contribution is 0.247. The summed E-state index contributed by atoms with van der Waals surface area (Å²) in [5.41, 5.74) is 4.03. The number of rotatable bonds is 6. The zero-order chi connectivity index (χ0) is 13.6. The monoisotopic (exact) mass is 284 g/mol. The smallest absolute Gasteiger partial charge is 0.119 e. The average Bonchev–Trinajstić information content (AvgIpc) is 2.27. The molecule has 1 atom stereocenters. The number of nitrogens with zero attached hydrogens (tertiary/aromatic N) is 1. The highest BCUT2D eigenvalue weighted by atomic mass is 28.3. The minimum atomic E-state index is -1.11. The summed E-state index contributed by atoms with van der Waals surface area (Å²) in [7, 11) is -1.04. The normalized spacial score (nSPS) is 22.6. The van der Waals surface area contributed by atoms with Crippen molar-refractivity contribution in [2.24, 2.45) is 0 Å². The zero-order valence-electron chi connectivity index (χ0n) is 13.1. The van der Waals surface area contributed by atoms with E-state index in [1.807, 2.05) is 0 Å². The third-order valence-electron chi connectivity index (χ3n) is 3.76. The van der Waals surface area contributed by atoms with Gasteiger partial charge in [-0.1, -0.05) is 37.7 Å². The maximum absolute atomic E-state index is 3.58. The van der Waals surface area contributed by atoms with Gasteiger partial charge in [0.2, 0.25) is 0 Å². The van der Waals surface area contributed by atoms with Crippen LogP contribution in [0.5, 0.6) is 0 Å². The second kappa shape index (κ2) is 7.63. The third-order valence-corrected chi connectivity index (χ3v) is 8.08. The quantitative estimate of drug-likeness (QED) is 0.595. The Hall–Kier alpha value is 0.0938. The van der Waals surface area contributed by atoms with Crippen LogP contribution in [0.1, 0.15) is 26.7 Å². The first-order chi connectivity index (χ1) is 8.41. The van der Waals surface area contributed by atoms with Gasteiger partial charge in [-0.3, -0.25) is 0 Å². The Kier molecular flexibility index (Phi) is 6.84. The van der Waals surface area contributed by atoms with Gasteiger partial charge in [-0.15, -0.1) is 5.70 Å². The van der Waals surface area contributed by atoms with Crippen molar-refractivity contribution in [1.82, 2.24) is 9.88 Å². The molecule has 18 heavy (non-hydrogen) atoms. The molecule has 106 valence electrons. The topological polar surface area (TPSA) is 15.3 Å². The van der Waals surface area contributed by atoms with Crippen LogP contribution in [0.2, 0.25) is 25.7 Å². The maximum Gasteiger partial charge on any atom is 0.119 e. The molecule has 1 rings (SSSR count). The molecule has 1 saturated heterocycles. The molecule has 0 aromatic heterocycles. The van der Waals surface area contributed by atoms with Crippen LogP contribution in [0.15, 0.2) is 11.3 Å². The van der Waals surface area contributed by atoms with Crippen LogP contribution in [-0.4, -0.2) is 48.0 Å². The summed E-state index contributed by atoms with van der Waals surface area (Å²) in [5, 5.41) is 3.58. The highest BCUT2D eigenvalue weighted by Crippen LogP contribution is 2.19. The van der Waals surface area contributed by atoms with Gasteiger partial charge in [-0.2, -0.15) is 0 Å². The number of piperazine rings is 1. The van der Waals surface area contributed by atoms with Gasteiger partial charge in [0.05, 0.1) is 0 Å². The van der Waals surface area contributed by atoms with Crippen molar-refractivity contribution in [2.45, 2.75) is 58.4 Å². The Labute approximate surface area is 117 Å². The van der Waals surface area contributed by atoms with Crippen molar-refractivity contribution in [3.05, 3.63) is 11.3 Å². The van der Waals surface area contributed by atoms with Crippen LogP contribution < -0.4 is 5.32 Å². The van der Waals surface area contributed by atoms with Crippen molar-refractivity contribution >= 4 is 17.8 Å². The van der Waals surface area contributed by atoms with E-state index in [0.29, 0.717) is 0 Å². The van der Waals surface area contributed by atoms with Crippen molar-refractivity contribution in [1.29, 1.82) is 0 Å². The number of hydrogen-bond donors (Lipinski definition) is 1. The van der Waals surface area contributed by atoms with Gasteiger partial charge in [-0.25, -0.2) is 0 Å². The second-order valence-corrected chi connectivity index (χ2v) is 13.4. The van der Waals surface area contributed by atoms with Crippen LogP contribution >= 0.6 is 0 Å². The van der Waals surface area contributed by atoms with Gasteiger partial charge in [0.15, 0.2) is 0 Å². The van der Waals surface area contributed by atoms with Gasteiger partial charge in [0.25, 0.3) is 0 Å². The van der Waals surface area contributed by atoms with E-state index in [4.69, 9.17) is 0 Å². The molecule has 0 aromatic rings. The molecule has 4 heteroatoms. The van der Waals surface area contributed by atoms with E-state index in [0.717, 1.165) is 6.04 Å². The predicted molar refractivity (Wildman–Crippen MR) is 88.7 cm³/mol. The molecule has 0 amide bonds. The maximum atomic E-state index is 3.58. The SMILES string of the molecule is CC(C)=C[SiH2]CCCC1CNCCN1[Si](C)(C)C. The molecule has 0 aromatic carbocycles. The number of nitrogens with one attached hydrogen (secondary N) is 1. The lowest BCUT2D eigenvalue weighted by Gasteiger charge is -2.44. The Bertz CT molecular complexity index is 267. The fourth-order valence-electron chi connectivity index (χ4n) is 2.82. The minimum absolute atomic E-state index is 0.0766. The molecule has 0 aliphatic carbocycles. The average molecular weight is 285 g/mol. The summed E-state index contributed by atoms with van der Waals surface area (Å²) in [5.74, 6) is 0. The van der Waals surface area contributed by atoms with Gasteiger partial charge >= 0.3 is 0 Å². The van der Waals surface area contributed by atoms with E-state index in [2.05, 4.69) is 49.1 Å². The summed E-state index contributed by atoms with van der Waals surface area (Å²) in [6.45, 7) is 15.6. The highest BCUT2D eigenvalue weighted by molar-refractivity contribution is 6.73. The highest BCUT2D eigenvalue weighted by Gasteiger charge is 2.31. The second-order valence-electron chi connectivity index (χ2n) is 6.79. The van der Waals surface area contributed by atoms with Crippen molar-refractivity contribution in [2.75, 3.05) is 19.6 Å². The molecule has 1 unspecified atom stereocenters. The first kappa shape index (κ1) is 16.1. The molecule has 1 N–H and O–H groups in total. The Morgan fingerprint density at radius 3 is 2.72 bits per heavy atom. The van der Waals surface area contributed by atoms with E-state index in [1.165, 1.54) is 44.1 Å². The van der Waals surface area contributed by atoms with E-state index >= 15 is 0 Å². The lowest BCUT2D eigenvalue weighted by Crippen LogP contribution is -2.60.